The van der Waals surface area contributed by atoms with E-state index in [1.807, 2.05) is 31.2 Å². The lowest BCUT2D eigenvalue weighted by atomic mass is 10.1. The molecule has 5 heteroatoms. The second-order valence-corrected chi connectivity index (χ2v) is 7.88. The van der Waals surface area contributed by atoms with Gasteiger partial charge < -0.3 is 19.7 Å². The largest absolute Gasteiger partial charge is 0.493 e. The number of anilines is 1. The zero-order valence-electron chi connectivity index (χ0n) is 16.6. The molecule has 0 aromatic heterocycles. The van der Waals surface area contributed by atoms with E-state index in [1.165, 1.54) is 25.5 Å². The van der Waals surface area contributed by atoms with E-state index in [0.717, 1.165) is 42.7 Å². The minimum atomic E-state index is -0.0232. The third-order valence-electron chi connectivity index (χ3n) is 5.34. The average Bonchev–Trinajstić information content (AvgIpc) is 3.48. The quantitative estimate of drug-likeness (QED) is 0.754. The van der Waals surface area contributed by atoms with Crippen LogP contribution in [-0.2, 0) is 4.79 Å². The Hall–Kier alpha value is -2.69. The standard InChI is InChI=1S/C23H28N2O3/c1-16(24-17(2)26)19-5-9-22(10-6-19)28-23-13-25(14-23)20-7-11-21(12-8-20)27-15-18-3-4-18/h5-12,16,18,23H,3-4,13-15H2,1-2H3,(H,24,26)/t16-/m0/s1. The van der Waals surface area contributed by atoms with Crippen LogP contribution in [0.3, 0.4) is 0 Å². The van der Waals surface area contributed by atoms with E-state index in [1.54, 1.807) is 0 Å². The van der Waals surface area contributed by atoms with E-state index in [9.17, 15) is 4.79 Å². The fraction of sp³-hybridized carbons (Fsp3) is 0.435. The third-order valence-corrected chi connectivity index (χ3v) is 5.34. The highest BCUT2D eigenvalue weighted by atomic mass is 16.5. The maximum Gasteiger partial charge on any atom is 0.217 e. The molecule has 1 heterocycles. The van der Waals surface area contributed by atoms with E-state index in [-0.39, 0.29) is 18.1 Å². The van der Waals surface area contributed by atoms with Crippen LogP contribution in [0, 0.1) is 5.92 Å². The Bertz CT molecular complexity index is 794. The predicted molar refractivity (Wildman–Crippen MR) is 110 cm³/mol. The van der Waals surface area contributed by atoms with E-state index < -0.39 is 0 Å². The van der Waals surface area contributed by atoms with Crippen LogP contribution in [0.15, 0.2) is 48.5 Å². The van der Waals surface area contributed by atoms with Crippen molar-refractivity contribution in [2.75, 3.05) is 24.6 Å². The number of hydrogen-bond donors (Lipinski definition) is 1. The summed E-state index contributed by atoms with van der Waals surface area (Å²) >= 11 is 0. The lowest BCUT2D eigenvalue weighted by Crippen LogP contribution is -2.54. The Kier molecular flexibility index (Phi) is 5.42. The number of nitrogens with one attached hydrogen (secondary N) is 1. The van der Waals surface area contributed by atoms with E-state index in [0.29, 0.717) is 0 Å². The van der Waals surface area contributed by atoms with Gasteiger partial charge in [-0.15, -0.1) is 0 Å². The van der Waals surface area contributed by atoms with Crippen LogP contribution >= 0.6 is 0 Å². The molecule has 4 rings (SSSR count). The van der Waals surface area contributed by atoms with Gasteiger partial charge in [0.25, 0.3) is 0 Å². The van der Waals surface area contributed by atoms with Crippen molar-refractivity contribution in [3.8, 4) is 11.5 Å². The summed E-state index contributed by atoms with van der Waals surface area (Å²) in [5, 5.41) is 2.89. The predicted octanol–water partition coefficient (Wildman–Crippen LogP) is 3.94. The zero-order valence-corrected chi connectivity index (χ0v) is 16.6. The molecule has 28 heavy (non-hydrogen) atoms. The minimum absolute atomic E-state index is 0.00182. The lowest BCUT2D eigenvalue weighted by Gasteiger charge is -2.40. The van der Waals surface area contributed by atoms with Crippen molar-refractivity contribution >= 4 is 11.6 Å². The molecule has 2 aliphatic rings. The first kappa shape index (κ1) is 18.7. The molecule has 2 fully saturated rings. The van der Waals surface area contributed by atoms with Crippen molar-refractivity contribution in [3.05, 3.63) is 54.1 Å². The van der Waals surface area contributed by atoms with Gasteiger partial charge in [0.15, 0.2) is 0 Å². The molecule has 0 radical (unpaired) electrons. The van der Waals surface area contributed by atoms with Gasteiger partial charge in [-0.05, 0) is 67.6 Å². The van der Waals surface area contributed by atoms with Crippen molar-refractivity contribution in [2.24, 2.45) is 5.92 Å². The minimum Gasteiger partial charge on any atom is -0.493 e. The molecule has 1 aliphatic heterocycles. The molecule has 1 saturated heterocycles. The normalized spacial score (nSPS) is 17.6. The molecular formula is C23H28N2O3. The van der Waals surface area contributed by atoms with Gasteiger partial charge in [0.05, 0.1) is 25.7 Å². The fourth-order valence-electron chi connectivity index (χ4n) is 3.39. The SMILES string of the molecule is CC(=O)N[C@@H](C)c1ccc(OC2CN(c3ccc(OCC4CC4)cc3)C2)cc1. The molecule has 1 N–H and O–H groups in total. The summed E-state index contributed by atoms with van der Waals surface area (Å²) in [5.41, 5.74) is 2.28. The summed E-state index contributed by atoms with van der Waals surface area (Å²) in [6.07, 6.45) is 2.82. The van der Waals surface area contributed by atoms with Gasteiger partial charge in [-0.3, -0.25) is 4.79 Å². The number of hydrogen-bond acceptors (Lipinski definition) is 4. The monoisotopic (exact) mass is 380 g/mol. The van der Waals surface area contributed by atoms with Crippen LogP contribution in [-0.4, -0.2) is 31.7 Å². The topological polar surface area (TPSA) is 50.8 Å². The highest BCUT2D eigenvalue weighted by Crippen LogP contribution is 2.31. The van der Waals surface area contributed by atoms with E-state index >= 15 is 0 Å². The number of benzene rings is 2. The maximum absolute atomic E-state index is 11.2. The summed E-state index contributed by atoms with van der Waals surface area (Å²) in [6, 6.07) is 16.3. The van der Waals surface area contributed by atoms with E-state index in [2.05, 4.69) is 34.5 Å². The number of amides is 1. The zero-order chi connectivity index (χ0) is 19.5. The van der Waals surface area contributed by atoms with Gasteiger partial charge in [0.2, 0.25) is 5.91 Å². The van der Waals surface area contributed by atoms with Gasteiger partial charge in [0.1, 0.15) is 17.6 Å². The Morgan fingerprint density at radius 1 is 1.07 bits per heavy atom. The molecule has 148 valence electrons. The second-order valence-electron chi connectivity index (χ2n) is 7.88. The lowest BCUT2D eigenvalue weighted by molar-refractivity contribution is -0.119. The highest BCUT2D eigenvalue weighted by molar-refractivity contribution is 5.73. The molecule has 0 unspecified atom stereocenters. The second kappa shape index (κ2) is 8.13. The molecule has 1 aliphatic carbocycles. The van der Waals surface area contributed by atoms with E-state index in [4.69, 9.17) is 9.47 Å². The van der Waals surface area contributed by atoms with Crippen LogP contribution in [0.2, 0.25) is 0 Å². The Morgan fingerprint density at radius 3 is 2.32 bits per heavy atom. The fourth-order valence-corrected chi connectivity index (χ4v) is 3.39. The number of ether oxygens (including phenoxy) is 2. The van der Waals surface area contributed by atoms with Gasteiger partial charge in [-0.1, -0.05) is 12.1 Å². The first-order valence-corrected chi connectivity index (χ1v) is 10.1. The number of nitrogens with zero attached hydrogens (tertiary/aromatic N) is 1. The van der Waals surface area contributed by atoms with Gasteiger partial charge in [-0.25, -0.2) is 0 Å². The molecule has 1 saturated carbocycles. The first-order chi connectivity index (χ1) is 13.6. The maximum atomic E-state index is 11.2. The van der Waals surface area contributed by atoms with Crippen LogP contribution in [0.5, 0.6) is 11.5 Å². The number of carbonyl (C=O) groups excluding carboxylic acids is 1. The molecule has 2 aromatic rings. The summed E-state index contributed by atoms with van der Waals surface area (Å²) in [6.45, 7) is 6.12. The van der Waals surface area contributed by atoms with Crippen molar-refractivity contribution in [1.29, 1.82) is 0 Å². The van der Waals surface area contributed by atoms with Gasteiger partial charge >= 0.3 is 0 Å². The number of carbonyl (C=O) groups is 1. The van der Waals surface area contributed by atoms with Crippen LogP contribution < -0.4 is 19.7 Å². The Morgan fingerprint density at radius 2 is 1.71 bits per heavy atom. The molecular weight excluding hydrogens is 352 g/mol. The molecule has 1 amide bonds. The van der Waals surface area contributed by atoms with Crippen molar-refractivity contribution in [1.82, 2.24) is 5.32 Å². The number of rotatable bonds is 8. The molecule has 1 atom stereocenters. The van der Waals surface area contributed by atoms with Crippen molar-refractivity contribution in [2.45, 2.75) is 38.8 Å². The van der Waals surface area contributed by atoms with Gasteiger partial charge in [0, 0.05) is 12.6 Å². The van der Waals surface area contributed by atoms with Crippen LogP contribution in [0.4, 0.5) is 5.69 Å². The molecule has 2 aromatic carbocycles. The summed E-state index contributed by atoms with van der Waals surface area (Å²) in [5.74, 6) is 2.57. The van der Waals surface area contributed by atoms with Gasteiger partial charge in [-0.2, -0.15) is 0 Å². The average molecular weight is 380 g/mol. The summed E-state index contributed by atoms with van der Waals surface area (Å²) < 4.78 is 11.9. The summed E-state index contributed by atoms with van der Waals surface area (Å²) in [4.78, 5) is 13.5. The van der Waals surface area contributed by atoms with Crippen LogP contribution in [0.25, 0.3) is 0 Å². The van der Waals surface area contributed by atoms with Crippen molar-refractivity contribution < 1.29 is 14.3 Å². The molecule has 5 nitrogen and oxygen atoms in total. The Balaban J connectivity index is 1.23. The molecule has 0 spiro atoms. The highest BCUT2D eigenvalue weighted by Gasteiger charge is 2.29. The molecule has 0 bridgehead atoms. The third kappa shape index (κ3) is 4.77. The smallest absolute Gasteiger partial charge is 0.217 e. The van der Waals surface area contributed by atoms with Crippen LogP contribution in [0.1, 0.15) is 38.3 Å². The Labute approximate surface area is 166 Å². The summed E-state index contributed by atoms with van der Waals surface area (Å²) in [7, 11) is 0. The first-order valence-electron chi connectivity index (χ1n) is 10.1. The van der Waals surface area contributed by atoms with Crippen molar-refractivity contribution in [3.63, 3.8) is 0 Å².